The van der Waals surface area contributed by atoms with Crippen LogP contribution in [0.5, 0.6) is 0 Å². The Hall–Kier alpha value is -1.63. The molecule has 1 aromatic heterocycles. The molecule has 0 saturated heterocycles. The van der Waals surface area contributed by atoms with Crippen LogP contribution in [0.4, 0.5) is 0 Å². The molecule has 144 valence electrons. The second-order valence-corrected chi connectivity index (χ2v) is 6.07. The van der Waals surface area contributed by atoms with Gasteiger partial charge in [0.25, 0.3) is 0 Å². The van der Waals surface area contributed by atoms with E-state index in [0.717, 1.165) is 0 Å². The van der Waals surface area contributed by atoms with E-state index in [2.05, 4.69) is 10.3 Å². The van der Waals surface area contributed by atoms with Crippen molar-refractivity contribution >= 4 is 5.91 Å². The molecule has 0 saturated carbocycles. The number of nitrogens with two attached hydrogens (primary N) is 2. The van der Waals surface area contributed by atoms with Crippen LogP contribution in [-0.2, 0) is 22.5 Å². The topological polar surface area (TPSA) is 190 Å². The summed E-state index contributed by atoms with van der Waals surface area (Å²) in [5.41, 5.74) is 10.2. The second-order valence-electron chi connectivity index (χ2n) is 6.07. The summed E-state index contributed by atoms with van der Waals surface area (Å²) >= 11 is 0. The Morgan fingerprint density at radius 1 is 1.28 bits per heavy atom. The molecule has 8 N–H and O–H groups in total. The highest BCUT2D eigenvalue weighted by molar-refractivity contribution is 5.79. The molecule has 25 heavy (non-hydrogen) atoms. The van der Waals surface area contributed by atoms with Gasteiger partial charge in [0.05, 0.1) is 56.7 Å². The van der Waals surface area contributed by atoms with Crippen molar-refractivity contribution in [1.82, 2.24) is 15.0 Å². The summed E-state index contributed by atoms with van der Waals surface area (Å²) in [6, 6.07) is -0.763. The monoisotopic (exact) mass is 361 g/mol. The van der Waals surface area contributed by atoms with Crippen LogP contribution >= 0.6 is 0 Å². The number of ether oxygens (including phenoxy) is 1. The maximum atomic E-state index is 10.9. The Kier molecular flexibility index (Phi) is 8.89. The summed E-state index contributed by atoms with van der Waals surface area (Å²) in [7, 11) is 0. The Bertz CT molecular complexity index is 518. The van der Waals surface area contributed by atoms with Crippen molar-refractivity contribution in [2.75, 3.05) is 33.0 Å². The van der Waals surface area contributed by atoms with Gasteiger partial charge in [0.15, 0.2) is 0 Å². The van der Waals surface area contributed by atoms with Crippen molar-refractivity contribution in [3.8, 4) is 0 Å². The van der Waals surface area contributed by atoms with Crippen LogP contribution < -0.4 is 11.5 Å². The lowest BCUT2D eigenvalue weighted by Crippen LogP contribution is -2.41. The molecule has 0 bridgehead atoms. The fourth-order valence-corrected chi connectivity index (χ4v) is 2.06. The van der Waals surface area contributed by atoms with Crippen molar-refractivity contribution in [2.45, 2.75) is 31.5 Å². The number of primary amides is 1. The van der Waals surface area contributed by atoms with Crippen molar-refractivity contribution < 1.29 is 30.0 Å². The number of carbonyl (C=O) groups is 1. The molecule has 1 heterocycles. The van der Waals surface area contributed by atoms with Crippen LogP contribution in [0.2, 0.25) is 0 Å². The summed E-state index contributed by atoms with van der Waals surface area (Å²) in [5, 5.41) is 45.2. The average Bonchev–Trinajstić information content (AvgIpc) is 3.06. The highest BCUT2D eigenvalue weighted by Crippen LogP contribution is 2.20. The van der Waals surface area contributed by atoms with E-state index < -0.39 is 36.7 Å². The minimum atomic E-state index is -1.06. The Morgan fingerprint density at radius 3 is 2.44 bits per heavy atom. The van der Waals surface area contributed by atoms with Gasteiger partial charge < -0.3 is 36.6 Å². The molecular weight excluding hydrogens is 334 g/mol. The summed E-state index contributed by atoms with van der Waals surface area (Å²) < 4.78 is 6.76. The zero-order valence-corrected chi connectivity index (χ0v) is 14.0. The molecule has 1 aromatic rings. The van der Waals surface area contributed by atoms with Crippen LogP contribution in [0.1, 0.15) is 12.1 Å². The number of hydrogen-bond acceptors (Lipinski definition) is 9. The number of aliphatic hydroxyl groups is 4. The molecule has 1 rings (SSSR count). The molecular formula is C14H27N5O6. The van der Waals surface area contributed by atoms with Crippen LogP contribution in [-0.4, -0.2) is 86.5 Å². The normalized spacial score (nSPS) is 13.4. The smallest absolute Gasteiger partial charge is 0.234 e. The third kappa shape index (κ3) is 6.65. The summed E-state index contributed by atoms with van der Waals surface area (Å²) in [5.74, 6) is -0.591. The minimum Gasteiger partial charge on any atom is -0.396 e. The molecule has 0 fully saturated rings. The van der Waals surface area contributed by atoms with Gasteiger partial charge in [-0.1, -0.05) is 5.21 Å². The van der Waals surface area contributed by atoms with Gasteiger partial charge in [-0.15, -0.1) is 5.10 Å². The van der Waals surface area contributed by atoms with Crippen LogP contribution in [0.25, 0.3) is 0 Å². The zero-order valence-electron chi connectivity index (χ0n) is 14.0. The Balaban J connectivity index is 2.67. The molecule has 1 atom stereocenters. The molecule has 0 radical (unpaired) electrons. The highest BCUT2D eigenvalue weighted by Gasteiger charge is 2.32. The standard InChI is InChI=1S/C14H27N5O6/c15-12(13(16)24)2-1-10-3-19(18-17-10)6-14(7-22,8-23)9-25-11(4-20)5-21/h3,11-12,20-23H,1-2,4-9,15H2,(H2,16,24)/t12-/m1/s1. The fourth-order valence-electron chi connectivity index (χ4n) is 2.06. The molecule has 1 amide bonds. The maximum absolute atomic E-state index is 10.9. The molecule has 0 aliphatic carbocycles. The van der Waals surface area contributed by atoms with Crippen molar-refractivity contribution in [2.24, 2.45) is 16.9 Å². The number of aromatic nitrogens is 3. The predicted molar refractivity (Wildman–Crippen MR) is 86.0 cm³/mol. The molecule has 0 aliphatic heterocycles. The van der Waals surface area contributed by atoms with E-state index >= 15 is 0 Å². The largest absolute Gasteiger partial charge is 0.396 e. The van der Waals surface area contributed by atoms with Gasteiger partial charge in [0.1, 0.15) is 6.10 Å². The highest BCUT2D eigenvalue weighted by atomic mass is 16.5. The van der Waals surface area contributed by atoms with Gasteiger partial charge in [-0.25, -0.2) is 0 Å². The zero-order chi connectivity index (χ0) is 18.9. The fraction of sp³-hybridized carbons (Fsp3) is 0.786. The van der Waals surface area contributed by atoms with Gasteiger partial charge in [-0.2, -0.15) is 0 Å². The molecule has 0 spiro atoms. The quantitative estimate of drug-likeness (QED) is 0.206. The Labute approximate surface area is 145 Å². The summed E-state index contributed by atoms with van der Waals surface area (Å²) in [6.45, 7) is -1.52. The van der Waals surface area contributed by atoms with Crippen molar-refractivity contribution in [3.05, 3.63) is 11.9 Å². The van der Waals surface area contributed by atoms with Crippen LogP contribution in [0, 0.1) is 5.41 Å². The molecule has 0 unspecified atom stereocenters. The number of carbonyl (C=O) groups excluding carboxylic acids is 1. The molecule has 11 nitrogen and oxygen atoms in total. The second kappa shape index (κ2) is 10.4. The van der Waals surface area contributed by atoms with Gasteiger partial charge in [0.2, 0.25) is 5.91 Å². The Morgan fingerprint density at radius 2 is 1.92 bits per heavy atom. The van der Waals surface area contributed by atoms with E-state index in [0.29, 0.717) is 18.5 Å². The third-order valence-corrected chi connectivity index (χ3v) is 3.86. The number of aliphatic hydroxyl groups excluding tert-OH is 4. The average molecular weight is 361 g/mol. The molecule has 0 aliphatic rings. The van der Waals surface area contributed by atoms with E-state index in [1.54, 1.807) is 6.20 Å². The first-order valence-corrected chi connectivity index (χ1v) is 7.88. The van der Waals surface area contributed by atoms with Crippen molar-refractivity contribution in [1.29, 1.82) is 0 Å². The number of nitrogens with zero attached hydrogens (tertiary/aromatic N) is 3. The first kappa shape index (κ1) is 21.4. The van der Waals surface area contributed by atoms with Crippen LogP contribution in [0.3, 0.4) is 0 Å². The number of rotatable bonds is 13. The number of aryl methyl sites for hydroxylation is 1. The van der Waals surface area contributed by atoms with Gasteiger partial charge >= 0.3 is 0 Å². The SMILES string of the molecule is NC(=O)[C@H](N)CCc1cn(CC(CO)(CO)COC(CO)CO)nn1. The first-order chi connectivity index (χ1) is 11.9. The van der Waals surface area contributed by atoms with E-state index in [1.807, 2.05) is 0 Å². The lowest BCUT2D eigenvalue weighted by molar-refractivity contribution is -0.119. The molecule has 0 aromatic carbocycles. The summed E-state index contributed by atoms with van der Waals surface area (Å²) in [6.07, 6.45) is 1.56. The van der Waals surface area contributed by atoms with Gasteiger partial charge in [-0.05, 0) is 12.8 Å². The predicted octanol–water partition coefficient (Wildman–Crippen LogP) is -3.64. The number of hydrogen-bond donors (Lipinski definition) is 6. The van der Waals surface area contributed by atoms with E-state index in [9.17, 15) is 15.0 Å². The molecule has 11 heteroatoms. The third-order valence-electron chi connectivity index (χ3n) is 3.86. The van der Waals surface area contributed by atoms with Gasteiger partial charge in [0, 0.05) is 6.20 Å². The minimum absolute atomic E-state index is 0.0898. The number of amides is 1. The van der Waals surface area contributed by atoms with Gasteiger partial charge in [-0.3, -0.25) is 9.48 Å². The maximum Gasteiger partial charge on any atom is 0.234 e. The van der Waals surface area contributed by atoms with Crippen LogP contribution in [0.15, 0.2) is 6.20 Å². The first-order valence-electron chi connectivity index (χ1n) is 7.88. The lowest BCUT2D eigenvalue weighted by atomic mass is 9.91. The van der Waals surface area contributed by atoms with E-state index in [4.69, 9.17) is 26.4 Å². The summed E-state index contributed by atoms with van der Waals surface area (Å²) in [4.78, 5) is 10.9. The van der Waals surface area contributed by atoms with E-state index in [-0.39, 0.29) is 26.4 Å². The lowest BCUT2D eigenvalue weighted by Gasteiger charge is -2.30. The van der Waals surface area contributed by atoms with Crippen molar-refractivity contribution in [3.63, 3.8) is 0 Å². The van der Waals surface area contributed by atoms with E-state index in [1.165, 1.54) is 4.68 Å².